The molecule has 3 heterocycles. The molecule has 2 aromatic carbocycles. The normalized spacial score (nSPS) is 15.9. The third kappa shape index (κ3) is 15.4. The number of H-pyrrole nitrogens is 1. The van der Waals surface area contributed by atoms with E-state index < -0.39 is 36.4 Å². The number of aliphatic carboxylic acids is 3. The second kappa shape index (κ2) is 19.7. The highest BCUT2D eigenvalue weighted by Crippen LogP contribution is 2.33. The fourth-order valence-electron chi connectivity index (χ4n) is 4.62. The van der Waals surface area contributed by atoms with Gasteiger partial charge in [-0.3, -0.25) is 9.89 Å². The first kappa shape index (κ1) is 45.6. The number of nitrogens with one attached hydrogen (secondary N) is 3. The van der Waals surface area contributed by atoms with Crippen LogP contribution in [0.25, 0.3) is 11.1 Å². The molecule has 2 aliphatic heterocycles. The molecule has 55 heavy (non-hydrogen) atoms. The van der Waals surface area contributed by atoms with Gasteiger partial charge in [0.25, 0.3) is 0 Å². The zero-order valence-electron chi connectivity index (χ0n) is 28.6. The predicted octanol–water partition coefficient (Wildman–Crippen LogP) is 5.11. The molecule has 0 saturated carbocycles. The number of carboxylic acids is 3. The van der Waals surface area contributed by atoms with Crippen molar-refractivity contribution in [2.24, 2.45) is 0 Å². The number of benzene rings is 2. The van der Waals surface area contributed by atoms with E-state index in [1.54, 1.807) is 13.3 Å². The van der Waals surface area contributed by atoms with Crippen molar-refractivity contribution in [1.29, 1.82) is 0 Å². The third-order valence-electron chi connectivity index (χ3n) is 7.45. The molecule has 14 nitrogen and oxygen atoms in total. The van der Waals surface area contributed by atoms with Gasteiger partial charge in [-0.25, -0.2) is 14.4 Å². The van der Waals surface area contributed by atoms with E-state index in [4.69, 9.17) is 39.2 Å². The van der Waals surface area contributed by atoms with Crippen LogP contribution >= 0.6 is 0 Å². The number of anilines is 1. The summed E-state index contributed by atoms with van der Waals surface area (Å²) in [7, 11) is 3.79. The molecule has 1 aromatic heterocycles. The first-order valence-corrected chi connectivity index (χ1v) is 15.5. The number of alkyl halides is 9. The highest BCUT2D eigenvalue weighted by molar-refractivity contribution is 5.97. The number of aromatic amines is 1. The van der Waals surface area contributed by atoms with Crippen LogP contribution in [0.5, 0.6) is 11.5 Å². The van der Waals surface area contributed by atoms with E-state index in [-0.39, 0.29) is 18.1 Å². The van der Waals surface area contributed by atoms with Gasteiger partial charge in [0.2, 0.25) is 5.91 Å². The molecule has 23 heteroatoms. The molecule has 1 saturated heterocycles. The van der Waals surface area contributed by atoms with Crippen LogP contribution in [0.2, 0.25) is 0 Å². The summed E-state index contributed by atoms with van der Waals surface area (Å²) in [5.41, 5.74) is 4.99. The number of halogens is 9. The number of piperidine rings is 1. The number of fused-ring (bicyclic) bond motifs is 1. The van der Waals surface area contributed by atoms with Crippen LogP contribution in [0.4, 0.5) is 45.2 Å². The Kier molecular flexibility index (Phi) is 16.3. The smallest absolute Gasteiger partial charge is 0.490 e. The molecule has 3 aromatic rings. The van der Waals surface area contributed by atoms with Crippen molar-refractivity contribution in [2.45, 2.75) is 56.5 Å². The monoisotopic (exact) mass is 803 g/mol. The average Bonchev–Trinajstić information content (AvgIpc) is 3.64. The Morgan fingerprint density at radius 1 is 0.818 bits per heavy atom. The van der Waals surface area contributed by atoms with Crippen LogP contribution in [0.1, 0.15) is 24.0 Å². The molecule has 1 atom stereocenters. The maximum absolute atomic E-state index is 13.3. The molecule has 0 aliphatic carbocycles. The Balaban J connectivity index is 0.000000408. The summed E-state index contributed by atoms with van der Waals surface area (Å²) in [5.74, 6) is -6.84. The van der Waals surface area contributed by atoms with E-state index in [1.165, 1.54) is 5.56 Å². The molecule has 0 spiro atoms. The Morgan fingerprint density at radius 2 is 1.36 bits per heavy atom. The second-order valence-corrected chi connectivity index (χ2v) is 11.5. The van der Waals surface area contributed by atoms with Gasteiger partial charge in [0.05, 0.1) is 25.0 Å². The largest absolute Gasteiger partial charge is 0.497 e. The van der Waals surface area contributed by atoms with Gasteiger partial charge in [-0.2, -0.15) is 44.6 Å². The van der Waals surface area contributed by atoms with Gasteiger partial charge < -0.3 is 40.3 Å². The lowest BCUT2D eigenvalue weighted by Crippen LogP contribution is -2.44. The third-order valence-corrected chi connectivity index (χ3v) is 7.45. The van der Waals surface area contributed by atoms with Crippen molar-refractivity contribution < 1.29 is 83.5 Å². The minimum Gasteiger partial charge on any atom is -0.497 e. The number of carbonyl (C=O) groups is 4. The predicted molar refractivity (Wildman–Crippen MR) is 172 cm³/mol. The average molecular weight is 804 g/mol. The lowest BCUT2D eigenvalue weighted by Gasteiger charge is -2.30. The molecule has 1 amide bonds. The number of carboxylic acid groups (broad SMARTS) is 3. The number of amides is 1. The maximum atomic E-state index is 13.3. The fraction of sp³-hybridized carbons (Fsp3) is 0.406. The Labute approximate surface area is 305 Å². The summed E-state index contributed by atoms with van der Waals surface area (Å²) in [5, 5.41) is 34.8. The second-order valence-electron chi connectivity index (χ2n) is 11.5. The van der Waals surface area contributed by atoms with Gasteiger partial charge in [0.1, 0.15) is 17.6 Å². The summed E-state index contributed by atoms with van der Waals surface area (Å²) in [4.78, 5) is 42.2. The number of carbonyl (C=O) groups excluding carboxylic acids is 1. The molecule has 0 unspecified atom stereocenters. The summed E-state index contributed by atoms with van der Waals surface area (Å²) in [6, 6.07) is 11.6. The summed E-state index contributed by atoms with van der Waals surface area (Å²) < 4.78 is 107. The first-order valence-electron chi connectivity index (χ1n) is 15.5. The highest BCUT2D eigenvalue weighted by Gasteiger charge is 2.39. The number of hydrogen-bond acceptors (Lipinski definition) is 9. The van der Waals surface area contributed by atoms with Gasteiger partial charge >= 0.3 is 36.4 Å². The van der Waals surface area contributed by atoms with Crippen LogP contribution in [-0.2, 0) is 32.1 Å². The summed E-state index contributed by atoms with van der Waals surface area (Å²) in [6.07, 6.45) is -8.96. The van der Waals surface area contributed by atoms with Crippen LogP contribution in [-0.4, -0.2) is 112 Å². The molecular formula is C32H34F9N5O9. The van der Waals surface area contributed by atoms with Gasteiger partial charge in [-0.15, -0.1) is 0 Å². The van der Waals surface area contributed by atoms with Crippen molar-refractivity contribution in [2.75, 3.05) is 32.6 Å². The molecule has 5 rings (SSSR count). The van der Waals surface area contributed by atoms with E-state index in [2.05, 4.69) is 38.8 Å². The zero-order chi connectivity index (χ0) is 41.7. The van der Waals surface area contributed by atoms with E-state index in [9.17, 15) is 44.3 Å². The minimum atomic E-state index is -5.08. The number of ether oxygens (including phenoxy) is 2. The fourth-order valence-corrected chi connectivity index (χ4v) is 4.62. The number of hydrogen-bond donors (Lipinski definition) is 6. The highest BCUT2D eigenvalue weighted by atomic mass is 19.4. The first-order chi connectivity index (χ1) is 25.4. The van der Waals surface area contributed by atoms with Crippen molar-refractivity contribution in [1.82, 2.24) is 20.4 Å². The number of rotatable bonds is 6. The van der Waals surface area contributed by atoms with Crippen molar-refractivity contribution in [3.8, 4) is 22.6 Å². The molecule has 2 aliphatic rings. The van der Waals surface area contributed by atoms with Crippen molar-refractivity contribution in [3.05, 3.63) is 59.9 Å². The summed E-state index contributed by atoms with van der Waals surface area (Å²) in [6.45, 7) is 2.65. The number of nitrogens with zero attached hydrogens (tertiary/aromatic N) is 2. The number of aromatic nitrogens is 2. The molecule has 304 valence electrons. The van der Waals surface area contributed by atoms with E-state index in [0.29, 0.717) is 24.4 Å². The number of methoxy groups -OCH3 is 1. The topological polar surface area (TPSA) is 203 Å². The van der Waals surface area contributed by atoms with Gasteiger partial charge in [-0.1, -0.05) is 12.1 Å². The van der Waals surface area contributed by atoms with Crippen LogP contribution < -0.4 is 20.1 Å². The minimum absolute atomic E-state index is 0.0715. The number of likely N-dealkylation sites (tertiary alicyclic amines) is 1. The van der Waals surface area contributed by atoms with Crippen molar-refractivity contribution >= 4 is 29.5 Å². The molecule has 0 radical (unpaired) electrons. The van der Waals surface area contributed by atoms with Gasteiger partial charge in [0, 0.05) is 31.4 Å². The van der Waals surface area contributed by atoms with Gasteiger partial charge in [-0.05, 0) is 67.3 Å². The van der Waals surface area contributed by atoms with Crippen molar-refractivity contribution in [3.63, 3.8) is 0 Å². The Hall–Kier alpha value is -5.58. The molecular weight excluding hydrogens is 769 g/mol. The lowest BCUT2D eigenvalue weighted by atomic mass is 9.95. The standard InChI is InChI=1S/C26H31N5O3.3C2HF3O2/c1-31-9-7-21(8-10-31)34-25-13-17(20-15-28-29-16-20)4-6-23(25)30-26(32)24-12-19-11-22(33-2)5-3-18(19)14-27-24;3*3-2(4,5)1(6)7/h3-6,11,13,15-16,21,24,27H,7-10,12,14H2,1-2H3,(H,28,29)(H,30,32);3*(H,6,7)/t24-;;;/m1.../s1. The van der Waals surface area contributed by atoms with Gasteiger partial charge in [0.15, 0.2) is 0 Å². The van der Waals surface area contributed by atoms with Crippen LogP contribution in [0.3, 0.4) is 0 Å². The lowest BCUT2D eigenvalue weighted by molar-refractivity contribution is -0.193. The SMILES string of the molecule is COc1ccc2c(c1)C[C@H](C(=O)Nc1ccc(-c3cn[nH]c3)cc1OC1CCN(C)CC1)NC2.O=C(O)C(F)(F)F.O=C(O)C(F)(F)F.O=C(O)C(F)(F)F. The quantitative estimate of drug-likeness (QED) is 0.180. The molecule has 0 bridgehead atoms. The van der Waals surface area contributed by atoms with E-state index in [1.807, 2.05) is 36.5 Å². The summed E-state index contributed by atoms with van der Waals surface area (Å²) >= 11 is 0. The zero-order valence-corrected chi connectivity index (χ0v) is 28.6. The maximum Gasteiger partial charge on any atom is 0.490 e. The van der Waals surface area contributed by atoms with E-state index in [0.717, 1.165) is 48.4 Å². The Bertz CT molecular complexity index is 1690. The molecule has 6 N–H and O–H groups in total. The van der Waals surface area contributed by atoms with Crippen LogP contribution in [0.15, 0.2) is 48.8 Å². The molecule has 1 fully saturated rings. The Morgan fingerprint density at radius 3 is 1.84 bits per heavy atom. The van der Waals surface area contributed by atoms with Crippen LogP contribution in [0, 0.1) is 0 Å². The van der Waals surface area contributed by atoms with E-state index >= 15 is 0 Å².